The molecule has 0 spiro atoms. The van der Waals surface area contributed by atoms with Crippen LogP contribution in [0.4, 0.5) is 0 Å². The minimum atomic E-state index is -0.140. The molecule has 0 atom stereocenters. The lowest BCUT2D eigenvalue weighted by Crippen LogP contribution is -2.50. The van der Waals surface area contributed by atoms with Crippen molar-refractivity contribution in [2.45, 2.75) is 32.4 Å². The van der Waals surface area contributed by atoms with E-state index in [1.807, 2.05) is 49.6 Å². The molecule has 2 aliphatic rings. The molecule has 1 N–H and O–H groups in total. The van der Waals surface area contributed by atoms with E-state index in [4.69, 9.17) is 4.74 Å². The third-order valence-electron chi connectivity index (χ3n) is 5.67. The van der Waals surface area contributed by atoms with Crippen molar-refractivity contribution in [3.8, 4) is 5.75 Å². The summed E-state index contributed by atoms with van der Waals surface area (Å²) in [7, 11) is 0. The Morgan fingerprint density at radius 2 is 1.93 bits per heavy atom. The van der Waals surface area contributed by atoms with Crippen molar-refractivity contribution in [1.82, 2.24) is 20.1 Å². The van der Waals surface area contributed by atoms with E-state index in [9.17, 15) is 9.59 Å². The quantitative estimate of drug-likeness (QED) is 0.819. The van der Waals surface area contributed by atoms with E-state index in [0.29, 0.717) is 24.4 Å². The molecule has 7 heteroatoms. The summed E-state index contributed by atoms with van der Waals surface area (Å²) in [6.07, 6.45) is 5.56. The van der Waals surface area contributed by atoms with Gasteiger partial charge < -0.3 is 15.0 Å². The Balaban J connectivity index is 1.39. The second-order valence-electron chi connectivity index (χ2n) is 8.03. The van der Waals surface area contributed by atoms with E-state index >= 15 is 0 Å². The molecule has 2 amide bonds. The fourth-order valence-electron chi connectivity index (χ4n) is 4.01. The number of piperidine rings is 1. The topological polar surface area (TPSA) is 74.8 Å². The number of aryl methyl sites for hydroxylation is 1. The SMILES string of the molecule is Cc1ccc(OC2CCN(Cc3ccncc3)CC2)c(C(=O)N2CCNC(=O)C2)c1. The zero-order chi connectivity index (χ0) is 20.9. The van der Waals surface area contributed by atoms with E-state index in [-0.39, 0.29) is 24.5 Å². The third-order valence-corrected chi connectivity index (χ3v) is 5.67. The minimum Gasteiger partial charge on any atom is -0.489 e. The molecule has 1 aromatic heterocycles. The van der Waals surface area contributed by atoms with Crippen LogP contribution in [0.15, 0.2) is 42.7 Å². The molecule has 158 valence electrons. The van der Waals surface area contributed by atoms with Crippen molar-refractivity contribution < 1.29 is 14.3 Å². The fraction of sp³-hybridized carbons (Fsp3) is 0.435. The first-order valence-electron chi connectivity index (χ1n) is 10.5. The first kappa shape index (κ1) is 20.3. The number of carbonyl (C=O) groups is 2. The molecular formula is C23H28N4O3. The lowest BCUT2D eigenvalue weighted by molar-refractivity contribution is -0.123. The van der Waals surface area contributed by atoms with Gasteiger partial charge in [0.2, 0.25) is 5.91 Å². The number of benzene rings is 1. The maximum atomic E-state index is 13.1. The number of piperazine rings is 1. The van der Waals surface area contributed by atoms with Crippen molar-refractivity contribution in [2.75, 3.05) is 32.7 Å². The molecule has 0 radical (unpaired) electrons. The van der Waals surface area contributed by atoms with Crippen LogP contribution in [0.5, 0.6) is 5.75 Å². The molecule has 7 nitrogen and oxygen atoms in total. The largest absolute Gasteiger partial charge is 0.489 e. The maximum Gasteiger partial charge on any atom is 0.258 e. The summed E-state index contributed by atoms with van der Waals surface area (Å²) in [6, 6.07) is 9.81. The molecule has 0 aliphatic carbocycles. The van der Waals surface area contributed by atoms with Crippen LogP contribution < -0.4 is 10.1 Å². The van der Waals surface area contributed by atoms with Gasteiger partial charge in [-0.3, -0.25) is 19.5 Å². The fourth-order valence-corrected chi connectivity index (χ4v) is 4.01. The lowest BCUT2D eigenvalue weighted by atomic mass is 10.1. The van der Waals surface area contributed by atoms with Crippen LogP contribution >= 0.6 is 0 Å². The van der Waals surface area contributed by atoms with Crippen molar-refractivity contribution in [1.29, 1.82) is 0 Å². The summed E-state index contributed by atoms with van der Waals surface area (Å²) in [6.45, 7) is 5.89. The normalized spacial score (nSPS) is 18.2. The van der Waals surface area contributed by atoms with Crippen LogP contribution in [0.3, 0.4) is 0 Å². The number of likely N-dealkylation sites (tertiary alicyclic amines) is 1. The highest BCUT2D eigenvalue weighted by molar-refractivity contribution is 5.99. The van der Waals surface area contributed by atoms with Gasteiger partial charge in [0.15, 0.2) is 0 Å². The zero-order valence-corrected chi connectivity index (χ0v) is 17.3. The number of aromatic nitrogens is 1. The van der Waals surface area contributed by atoms with Gasteiger partial charge in [-0.15, -0.1) is 0 Å². The Labute approximate surface area is 177 Å². The van der Waals surface area contributed by atoms with Crippen molar-refractivity contribution in [3.05, 3.63) is 59.4 Å². The van der Waals surface area contributed by atoms with E-state index in [2.05, 4.69) is 15.2 Å². The van der Waals surface area contributed by atoms with Crippen molar-refractivity contribution >= 4 is 11.8 Å². The van der Waals surface area contributed by atoms with E-state index in [1.165, 1.54) is 5.56 Å². The van der Waals surface area contributed by atoms with Gasteiger partial charge in [0.05, 0.1) is 12.1 Å². The second-order valence-corrected chi connectivity index (χ2v) is 8.03. The van der Waals surface area contributed by atoms with Crippen LogP contribution in [0.2, 0.25) is 0 Å². The van der Waals surface area contributed by atoms with E-state index in [1.54, 1.807) is 4.90 Å². The molecule has 0 saturated carbocycles. The molecule has 2 saturated heterocycles. The number of amides is 2. The number of nitrogens with one attached hydrogen (secondary N) is 1. The van der Waals surface area contributed by atoms with Gasteiger partial charge in [-0.25, -0.2) is 0 Å². The predicted octanol–water partition coefficient (Wildman–Crippen LogP) is 2.01. The zero-order valence-electron chi connectivity index (χ0n) is 17.3. The summed E-state index contributed by atoms with van der Waals surface area (Å²) in [4.78, 5) is 32.8. The molecule has 2 aromatic rings. The van der Waals surface area contributed by atoms with Gasteiger partial charge >= 0.3 is 0 Å². The molecule has 30 heavy (non-hydrogen) atoms. The van der Waals surface area contributed by atoms with Crippen molar-refractivity contribution in [2.24, 2.45) is 0 Å². The van der Waals surface area contributed by atoms with E-state index in [0.717, 1.165) is 38.0 Å². The van der Waals surface area contributed by atoms with Gasteiger partial charge in [0.1, 0.15) is 11.9 Å². The predicted molar refractivity (Wildman–Crippen MR) is 113 cm³/mol. The summed E-state index contributed by atoms with van der Waals surface area (Å²) in [5, 5.41) is 2.76. The molecule has 2 aliphatic heterocycles. The average molecular weight is 409 g/mol. The van der Waals surface area contributed by atoms with Crippen LogP contribution in [-0.4, -0.2) is 65.4 Å². The number of pyridine rings is 1. The van der Waals surface area contributed by atoms with Gasteiger partial charge in [0.25, 0.3) is 5.91 Å². The van der Waals surface area contributed by atoms with Crippen LogP contribution in [0.25, 0.3) is 0 Å². The van der Waals surface area contributed by atoms with Crippen LogP contribution in [0.1, 0.15) is 34.3 Å². The van der Waals surface area contributed by atoms with Crippen LogP contribution in [-0.2, 0) is 11.3 Å². The Morgan fingerprint density at radius 1 is 1.17 bits per heavy atom. The number of rotatable bonds is 5. The molecule has 0 unspecified atom stereocenters. The number of nitrogens with zero attached hydrogens (tertiary/aromatic N) is 3. The highest BCUT2D eigenvalue weighted by atomic mass is 16.5. The summed E-state index contributed by atoms with van der Waals surface area (Å²) >= 11 is 0. The number of ether oxygens (including phenoxy) is 1. The lowest BCUT2D eigenvalue weighted by Gasteiger charge is -2.33. The number of carbonyl (C=O) groups excluding carboxylic acids is 2. The molecular weight excluding hydrogens is 380 g/mol. The van der Waals surface area contributed by atoms with E-state index < -0.39 is 0 Å². The summed E-state index contributed by atoms with van der Waals surface area (Å²) in [5.41, 5.74) is 2.81. The highest BCUT2D eigenvalue weighted by Gasteiger charge is 2.27. The number of hydrogen-bond donors (Lipinski definition) is 1. The molecule has 1 aromatic carbocycles. The summed E-state index contributed by atoms with van der Waals surface area (Å²) < 4.78 is 6.29. The van der Waals surface area contributed by atoms with Gasteiger partial charge in [-0.05, 0) is 49.6 Å². The van der Waals surface area contributed by atoms with Gasteiger partial charge in [-0.1, -0.05) is 11.6 Å². The molecule has 0 bridgehead atoms. The first-order valence-corrected chi connectivity index (χ1v) is 10.5. The first-order chi connectivity index (χ1) is 14.6. The van der Waals surface area contributed by atoms with Crippen molar-refractivity contribution in [3.63, 3.8) is 0 Å². The molecule has 2 fully saturated rings. The standard InChI is InChI=1S/C23H28N4O3/c1-17-2-3-21(20(14-17)23(29)27-13-10-25-22(28)16-27)30-19-6-11-26(12-7-19)15-18-4-8-24-9-5-18/h2-5,8-9,14,19H,6-7,10-13,15-16H2,1H3,(H,25,28). The average Bonchev–Trinajstić information content (AvgIpc) is 2.76. The molecule has 4 rings (SSSR count). The third kappa shape index (κ3) is 4.97. The minimum absolute atomic E-state index is 0.0811. The Hall–Kier alpha value is -2.93. The van der Waals surface area contributed by atoms with Gasteiger partial charge in [-0.2, -0.15) is 0 Å². The Kier molecular flexibility index (Phi) is 6.28. The second kappa shape index (κ2) is 9.26. The maximum absolute atomic E-state index is 13.1. The van der Waals surface area contributed by atoms with Crippen LogP contribution in [0, 0.1) is 6.92 Å². The highest BCUT2D eigenvalue weighted by Crippen LogP contribution is 2.26. The molecule has 3 heterocycles. The monoisotopic (exact) mass is 408 g/mol. The number of hydrogen-bond acceptors (Lipinski definition) is 5. The Bertz CT molecular complexity index is 895. The summed E-state index contributed by atoms with van der Waals surface area (Å²) in [5.74, 6) is 0.356. The Morgan fingerprint density at radius 3 is 2.67 bits per heavy atom. The smallest absolute Gasteiger partial charge is 0.258 e. The van der Waals surface area contributed by atoms with Gasteiger partial charge in [0, 0.05) is 45.1 Å².